The predicted molar refractivity (Wildman–Crippen MR) is 126 cm³/mol. The number of hydrogen-bond acceptors (Lipinski definition) is 4. The summed E-state index contributed by atoms with van der Waals surface area (Å²) in [6.45, 7) is 5.30. The largest absolute Gasteiger partial charge is 0.332 e. The molecule has 6 rings (SSSR count). The van der Waals surface area contributed by atoms with Gasteiger partial charge >= 0.3 is 12.1 Å². The number of imide groups is 2. The molecule has 0 spiro atoms. The molecule has 34 heavy (non-hydrogen) atoms. The minimum atomic E-state index is -1.26. The lowest BCUT2D eigenvalue weighted by Crippen LogP contribution is -2.62. The number of benzene rings is 1. The first-order chi connectivity index (χ1) is 16.1. The molecule has 4 saturated carbocycles. The molecule has 1 unspecified atom stereocenters. The van der Waals surface area contributed by atoms with Crippen LogP contribution >= 0.6 is 0 Å². The third-order valence-corrected chi connectivity index (χ3v) is 8.40. The molecule has 4 aliphatic carbocycles. The van der Waals surface area contributed by atoms with Gasteiger partial charge in [0.05, 0.1) is 0 Å². The third-order valence-electron chi connectivity index (χ3n) is 8.40. The maximum Gasteiger partial charge on any atom is 0.325 e. The van der Waals surface area contributed by atoms with E-state index in [0.29, 0.717) is 29.2 Å². The maximum atomic E-state index is 13.1. The monoisotopic (exact) mass is 466 g/mol. The molecule has 8 heteroatoms. The van der Waals surface area contributed by atoms with E-state index >= 15 is 0 Å². The molecule has 0 radical (unpaired) electrons. The van der Waals surface area contributed by atoms with Gasteiger partial charge in [0.2, 0.25) is 5.91 Å². The van der Waals surface area contributed by atoms with Crippen LogP contribution < -0.4 is 16.0 Å². The molecule has 1 atom stereocenters. The second kappa shape index (κ2) is 8.10. The van der Waals surface area contributed by atoms with Crippen molar-refractivity contribution in [3.63, 3.8) is 0 Å². The Bertz CT molecular complexity index is 998. The first-order valence-electron chi connectivity index (χ1n) is 12.4. The lowest BCUT2D eigenvalue weighted by molar-refractivity contribution is -0.134. The van der Waals surface area contributed by atoms with E-state index in [-0.39, 0.29) is 5.54 Å². The number of carbonyl (C=O) groups excluding carboxylic acids is 4. The summed E-state index contributed by atoms with van der Waals surface area (Å²) in [5.41, 5.74) is 0.303. The number of amides is 6. The fourth-order valence-electron chi connectivity index (χ4n) is 7.08. The van der Waals surface area contributed by atoms with Gasteiger partial charge < -0.3 is 10.6 Å². The van der Waals surface area contributed by atoms with Crippen LogP contribution in [0.5, 0.6) is 0 Å². The molecule has 1 aromatic carbocycles. The molecule has 1 aliphatic heterocycles. The summed E-state index contributed by atoms with van der Waals surface area (Å²) in [5, 5.41) is 8.15. The van der Waals surface area contributed by atoms with Crippen LogP contribution in [-0.2, 0) is 15.1 Å². The van der Waals surface area contributed by atoms with Gasteiger partial charge in [0.25, 0.3) is 5.91 Å². The van der Waals surface area contributed by atoms with E-state index in [0.717, 1.165) is 29.7 Å². The molecule has 5 aliphatic rings. The number of urea groups is 2. The van der Waals surface area contributed by atoms with Crippen molar-refractivity contribution in [1.82, 2.24) is 20.9 Å². The Hall–Kier alpha value is -2.90. The van der Waals surface area contributed by atoms with Gasteiger partial charge in [-0.3, -0.25) is 19.8 Å². The van der Waals surface area contributed by atoms with Crippen LogP contribution in [0.4, 0.5) is 9.59 Å². The van der Waals surface area contributed by atoms with Crippen LogP contribution in [0.2, 0.25) is 0 Å². The second-order valence-electron chi connectivity index (χ2n) is 11.4. The average Bonchev–Trinajstić information content (AvgIpc) is 2.96. The van der Waals surface area contributed by atoms with Crippen molar-refractivity contribution in [1.29, 1.82) is 0 Å². The van der Waals surface area contributed by atoms with Gasteiger partial charge in [-0.15, -0.1) is 0 Å². The molecule has 3 N–H and O–H groups in total. The Kier molecular flexibility index (Phi) is 5.45. The quantitative estimate of drug-likeness (QED) is 0.578. The van der Waals surface area contributed by atoms with Gasteiger partial charge in [-0.05, 0) is 80.2 Å². The number of hydrogen-bond donors (Lipinski definition) is 3. The van der Waals surface area contributed by atoms with Gasteiger partial charge in [-0.25, -0.2) is 9.59 Å². The van der Waals surface area contributed by atoms with Gasteiger partial charge in [-0.1, -0.05) is 38.1 Å². The highest BCUT2D eigenvalue weighted by molar-refractivity contribution is 6.10. The Morgan fingerprint density at radius 3 is 2.12 bits per heavy atom. The van der Waals surface area contributed by atoms with Gasteiger partial charge in [0.1, 0.15) is 12.1 Å². The highest BCUT2D eigenvalue weighted by Gasteiger charge is 2.52. The molecule has 6 amide bonds. The summed E-state index contributed by atoms with van der Waals surface area (Å²) < 4.78 is 0. The van der Waals surface area contributed by atoms with E-state index in [2.05, 4.69) is 29.8 Å². The smallest absolute Gasteiger partial charge is 0.325 e. The lowest BCUT2D eigenvalue weighted by atomic mass is 9.53. The number of nitrogens with zero attached hydrogens (tertiary/aromatic N) is 1. The Labute approximate surface area is 200 Å². The number of nitrogens with one attached hydrogen (secondary N) is 3. The average molecular weight is 467 g/mol. The minimum absolute atomic E-state index is 0.222. The van der Waals surface area contributed by atoms with Crippen LogP contribution in [0, 0.1) is 17.8 Å². The Morgan fingerprint density at radius 1 is 1.03 bits per heavy atom. The number of rotatable bonds is 5. The van der Waals surface area contributed by atoms with Crippen LogP contribution in [0.1, 0.15) is 76.3 Å². The van der Waals surface area contributed by atoms with Crippen molar-refractivity contribution in [3.8, 4) is 0 Å². The molecule has 8 nitrogen and oxygen atoms in total. The van der Waals surface area contributed by atoms with E-state index < -0.39 is 36.0 Å². The minimum Gasteiger partial charge on any atom is -0.332 e. The second-order valence-corrected chi connectivity index (χ2v) is 11.4. The topological polar surface area (TPSA) is 108 Å². The lowest BCUT2D eigenvalue weighted by Gasteiger charge is -2.56. The molecule has 4 bridgehead atoms. The summed E-state index contributed by atoms with van der Waals surface area (Å²) in [7, 11) is 0. The normalized spacial score (nSPS) is 33.9. The Morgan fingerprint density at radius 2 is 1.59 bits per heavy atom. The fourth-order valence-corrected chi connectivity index (χ4v) is 7.08. The summed E-state index contributed by atoms with van der Waals surface area (Å²) in [6, 6.07) is 6.36. The predicted octanol–water partition coefficient (Wildman–Crippen LogP) is 3.37. The highest BCUT2D eigenvalue weighted by Crippen LogP contribution is 2.55. The van der Waals surface area contributed by atoms with Gasteiger partial charge in [-0.2, -0.15) is 0 Å². The van der Waals surface area contributed by atoms with Crippen molar-refractivity contribution in [3.05, 3.63) is 35.4 Å². The molecule has 182 valence electrons. The van der Waals surface area contributed by atoms with E-state index in [9.17, 15) is 19.2 Å². The maximum absolute atomic E-state index is 13.1. The van der Waals surface area contributed by atoms with E-state index in [1.54, 1.807) is 6.92 Å². The van der Waals surface area contributed by atoms with Crippen molar-refractivity contribution < 1.29 is 19.2 Å². The van der Waals surface area contributed by atoms with Crippen LogP contribution in [-0.4, -0.2) is 40.9 Å². The fraction of sp³-hybridized carbons (Fsp3) is 0.615. The zero-order valence-corrected chi connectivity index (χ0v) is 20.1. The standard InChI is InChI=1S/C26H34N4O4/c1-15(2)19-4-6-20(7-5-19)25(3)22(32)30(24(34)29-25)14-21(31)27-23(33)28-26-11-16-8-17(12-26)10-18(9-16)13-26/h4-7,15-18H,8-14H2,1-3H3,(H,29,34)(H2,27,28,31,33). The molecule has 1 heterocycles. The first-order valence-corrected chi connectivity index (χ1v) is 12.4. The molecule has 1 aromatic rings. The summed E-state index contributed by atoms with van der Waals surface area (Å²) in [5.74, 6) is 1.17. The van der Waals surface area contributed by atoms with Gasteiger partial charge in [0, 0.05) is 5.54 Å². The highest BCUT2D eigenvalue weighted by atomic mass is 16.2. The Balaban J connectivity index is 1.20. The summed E-state index contributed by atoms with van der Waals surface area (Å²) >= 11 is 0. The number of carbonyl (C=O) groups is 4. The SMILES string of the molecule is CC(C)c1ccc(C2(C)NC(=O)N(CC(=O)NC(=O)NC34CC5CC(CC(C5)C3)C4)C2=O)cc1. The third kappa shape index (κ3) is 3.97. The molecular weight excluding hydrogens is 432 g/mol. The van der Waals surface area contributed by atoms with Crippen molar-refractivity contribution >= 4 is 23.9 Å². The molecular formula is C26H34N4O4. The zero-order chi connectivity index (χ0) is 24.3. The van der Waals surface area contributed by atoms with E-state index in [1.807, 2.05) is 24.3 Å². The first kappa shape index (κ1) is 22.9. The van der Waals surface area contributed by atoms with Gasteiger partial charge in [0.15, 0.2) is 0 Å². The van der Waals surface area contributed by atoms with Crippen LogP contribution in [0.25, 0.3) is 0 Å². The summed E-state index contributed by atoms with van der Waals surface area (Å²) in [4.78, 5) is 51.9. The van der Waals surface area contributed by atoms with Crippen molar-refractivity contribution in [2.75, 3.05) is 6.54 Å². The molecule has 0 aromatic heterocycles. The van der Waals surface area contributed by atoms with Crippen molar-refractivity contribution in [2.45, 2.75) is 76.3 Å². The zero-order valence-electron chi connectivity index (χ0n) is 20.1. The van der Waals surface area contributed by atoms with Crippen molar-refractivity contribution in [2.24, 2.45) is 17.8 Å². The van der Waals surface area contributed by atoms with Crippen LogP contribution in [0.3, 0.4) is 0 Å². The summed E-state index contributed by atoms with van der Waals surface area (Å²) in [6.07, 6.45) is 6.69. The molecule has 5 fully saturated rings. The van der Waals surface area contributed by atoms with Crippen LogP contribution in [0.15, 0.2) is 24.3 Å². The molecule has 1 saturated heterocycles. The van der Waals surface area contributed by atoms with E-state index in [4.69, 9.17) is 0 Å². The van der Waals surface area contributed by atoms with E-state index in [1.165, 1.54) is 19.3 Å².